The number of aryl methyl sites for hydroxylation is 1. The molecule has 0 unspecified atom stereocenters. The number of nitrogens with zero attached hydrogens (tertiary/aromatic N) is 1. The van der Waals surface area contributed by atoms with E-state index in [0.717, 1.165) is 25.2 Å². The van der Waals surface area contributed by atoms with Crippen molar-refractivity contribution in [3.8, 4) is 10.4 Å². The van der Waals surface area contributed by atoms with Gasteiger partial charge in [-0.25, -0.2) is 12.7 Å². The van der Waals surface area contributed by atoms with E-state index in [4.69, 9.17) is 0 Å². The van der Waals surface area contributed by atoms with Crippen LogP contribution in [0.25, 0.3) is 16.5 Å². The van der Waals surface area contributed by atoms with E-state index in [9.17, 15) is 13.2 Å². The van der Waals surface area contributed by atoms with Gasteiger partial charge in [0.25, 0.3) is 0 Å². The summed E-state index contributed by atoms with van der Waals surface area (Å²) in [5.41, 5.74) is 2.39. The number of thiophene rings is 1. The number of amides is 1. The fraction of sp³-hybridized carbons (Fsp3) is 0.136. The largest absolute Gasteiger partial charge is 0.322 e. The van der Waals surface area contributed by atoms with Crippen molar-refractivity contribution >= 4 is 39.0 Å². The molecule has 0 aliphatic heterocycles. The molecule has 2 aromatic carbocycles. The minimum Gasteiger partial charge on any atom is -0.322 e. The molecule has 1 amide bonds. The predicted molar refractivity (Wildman–Crippen MR) is 119 cm³/mol. The number of sulfonamides is 1. The summed E-state index contributed by atoms with van der Waals surface area (Å²) in [6.07, 6.45) is 3.20. The van der Waals surface area contributed by atoms with Gasteiger partial charge < -0.3 is 5.32 Å². The summed E-state index contributed by atoms with van der Waals surface area (Å²) in [5, 5.41) is 2.77. The molecule has 1 heterocycles. The lowest BCUT2D eigenvalue weighted by atomic mass is 10.2. The minimum absolute atomic E-state index is 0.137. The molecule has 1 aromatic heterocycles. The molecule has 0 saturated carbocycles. The summed E-state index contributed by atoms with van der Waals surface area (Å²) in [6, 6.07) is 18.7. The van der Waals surface area contributed by atoms with Crippen molar-refractivity contribution in [3.63, 3.8) is 0 Å². The minimum atomic E-state index is -3.57. The Hall–Kier alpha value is -2.74. The molecule has 3 aromatic rings. The molecule has 29 heavy (non-hydrogen) atoms. The Morgan fingerprint density at radius 2 is 1.76 bits per heavy atom. The molecule has 0 atom stereocenters. The second-order valence-corrected chi connectivity index (χ2v) is 9.92. The molecule has 0 fully saturated rings. The lowest BCUT2D eigenvalue weighted by Gasteiger charge is -2.14. The van der Waals surface area contributed by atoms with Crippen molar-refractivity contribution in [3.05, 3.63) is 77.2 Å². The van der Waals surface area contributed by atoms with Crippen molar-refractivity contribution in [2.45, 2.75) is 11.8 Å². The van der Waals surface area contributed by atoms with Crippen molar-refractivity contribution in [2.24, 2.45) is 0 Å². The molecule has 0 spiro atoms. The standard InChI is InChI=1S/C22H22N2O3S2/c1-16-9-12-19(29(26,27)24(2)3)15-20(16)23-22(25)14-11-18-10-13-21(28-18)17-7-5-4-6-8-17/h4-15H,1-3H3,(H,23,25)/b14-11+. The van der Waals surface area contributed by atoms with Crippen molar-refractivity contribution < 1.29 is 13.2 Å². The molecule has 0 aliphatic rings. The molecule has 5 nitrogen and oxygen atoms in total. The molecule has 0 radical (unpaired) electrons. The summed E-state index contributed by atoms with van der Waals surface area (Å²) >= 11 is 1.59. The highest BCUT2D eigenvalue weighted by Crippen LogP contribution is 2.28. The van der Waals surface area contributed by atoms with Gasteiger partial charge in [-0.1, -0.05) is 36.4 Å². The topological polar surface area (TPSA) is 66.5 Å². The van der Waals surface area contributed by atoms with Gasteiger partial charge in [0.1, 0.15) is 0 Å². The van der Waals surface area contributed by atoms with Crippen molar-refractivity contribution in [1.29, 1.82) is 0 Å². The highest BCUT2D eigenvalue weighted by molar-refractivity contribution is 7.89. The van der Waals surface area contributed by atoms with Gasteiger partial charge in [-0.05, 0) is 48.4 Å². The van der Waals surface area contributed by atoms with E-state index in [2.05, 4.69) is 5.32 Å². The van der Waals surface area contributed by atoms with Gasteiger partial charge in [0.15, 0.2) is 0 Å². The third kappa shape index (κ3) is 5.00. The highest BCUT2D eigenvalue weighted by Gasteiger charge is 2.18. The van der Waals surface area contributed by atoms with E-state index >= 15 is 0 Å². The van der Waals surface area contributed by atoms with E-state index in [1.54, 1.807) is 23.5 Å². The van der Waals surface area contributed by atoms with Gasteiger partial charge in [0.05, 0.1) is 4.90 Å². The quantitative estimate of drug-likeness (QED) is 0.585. The Balaban J connectivity index is 1.74. The summed E-state index contributed by atoms with van der Waals surface area (Å²) in [6.45, 7) is 1.82. The molecule has 0 bridgehead atoms. The zero-order chi connectivity index (χ0) is 21.0. The van der Waals surface area contributed by atoms with Crippen LogP contribution in [0.4, 0.5) is 5.69 Å². The second-order valence-electron chi connectivity index (χ2n) is 6.65. The lowest BCUT2D eigenvalue weighted by Crippen LogP contribution is -2.22. The van der Waals surface area contributed by atoms with E-state index in [1.165, 1.54) is 32.3 Å². The van der Waals surface area contributed by atoms with Crippen LogP contribution in [0.1, 0.15) is 10.4 Å². The molecule has 3 rings (SSSR count). The first-order chi connectivity index (χ1) is 13.8. The maximum atomic E-state index is 12.4. The van der Waals surface area contributed by atoms with Gasteiger partial charge in [-0.15, -0.1) is 11.3 Å². The number of carbonyl (C=O) groups is 1. The van der Waals surface area contributed by atoms with Crippen LogP contribution in [-0.4, -0.2) is 32.7 Å². The predicted octanol–water partition coefficient (Wildman–Crippen LogP) is 4.63. The molecular formula is C22H22N2O3S2. The lowest BCUT2D eigenvalue weighted by molar-refractivity contribution is -0.111. The van der Waals surface area contributed by atoms with E-state index in [0.29, 0.717) is 5.69 Å². The van der Waals surface area contributed by atoms with Crippen molar-refractivity contribution in [1.82, 2.24) is 4.31 Å². The average Bonchev–Trinajstić information content (AvgIpc) is 3.17. The second kappa shape index (κ2) is 8.73. The van der Waals surface area contributed by atoms with E-state index < -0.39 is 10.0 Å². The Morgan fingerprint density at radius 3 is 2.45 bits per heavy atom. The first-order valence-corrected chi connectivity index (χ1v) is 11.2. The third-order valence-corrected chi connectivity index (χ3v) is 7.24. The number of hydrogen-bond acceptors (Lipinski definition) is 4. The summed E-state index contributed by atoms with van der Waals surface area (Å²) in [7, 11) is -0.619. The Kier molecular flexibility index (Phi) is 6.32. The van der Waals surface area contributed by atoms with Crippen LogP contribution in [-0.2, 0) is 14.8 Å². The molecule has 0 saturated heterocycles. The van der Waals surface area contributed by atoms with Gasteiger partial charge >= 0.3 is 0 Å². The van der Waals surface area contributed by atoms with E-state index in [-0.39, 0.29) is 10.8 Å². The van der Waals surface area contributed by atoms with Gasteiger partial charge in [-0.3, -0.25) is 4.79 Å². The highest BCUT2D eigenvalue weighted by atomic mass is 32.2. The smallest absolute Gasteiger partial charge is 0.248 e. The number of benzene rings is 2. The number of anilines is 1. The fourth-order valence-electron chi connectivity index (χ4n) is 2.64. The first kappa shape index (κ1) is 21.0. The molecule has 1 N–H and O–H groups in total. The van der Waals surface area contributed by atoms with Crippen LogP contribution in [0.3, 0.4) is 0 Å². The summed E-state index contributed by atoms with van der Waals surface area (Å²) in [4.78, 5) is 14.6. The van der Waals surface area contributed by atoms with Crippen LogP contribution in [0, 0.1) is 6.92 Å². The van der Waals surface area contributed by atoms with Crippen molar-refractivity contribution in [2.75, 3.05) is 19.4 Å². The van der Waals surface area contributed by atoms with Gasteiger partial charge in [-0.2, -0.15) is 0 Å². The molecule has 7 heteroatoms. The Bertz CT molecular complexity index is 1150. The zero-order valence-corrected chi connectivity index (χ0v) is 18.0. The van der Waals surface area contributed by atoms with Crippen LogP contribution in [0.15, 0.2) is 71.6 Å². The normalized spacial score (nSPS) is 11.9. The third-order valence-electron chi connectivity index (χ3n) is 4.33. The Morgan fingerprint density at radius 1 is 1.03 bits per heavy atom. The number of nitrogens with one attached hydrogen (secondary N) is 1. The monoisotopic (exact) mass is 426 g/mol. The van der Waals surface area contributed by atoms with Crippen LogP contribution >= 0.6 is 11.3 Å². The van der Waals surface area contributed by atoms with Crippen LogP contribution in [0.2, 0.25) is 0 Å². The maximum Gasteiger partial charge on any atom is 0.248 e. The number of carbonyl (C=O) groups excluding carboxylic acids is 1. The van der Waals surface area contributed by atoms with Crippen LogP contribution in [0.5, 0.6) is 0 Å². The fourth-order valence-corrected chi connectivity index (χ4v) is 4.48. The summed E-state index contributed by atoms with van der Waals surface area (Å²) in [5.74, 6) is -0.317. The summed E-state index contributed by atoms with van der Waals surface area (Å²) < 4.78 is 25.8. The van der Waals surface area contributed by atoms with E-state index in [1.807, 2.05) is 49.4 Å². The molecular weight excluding hydrogens is 404 g/mol. The van der Waals surface area contributed by atoms with Crippen LogP contribution < -0.4 is 5.32 Å². The molecule has 150 valence electrons. The first-order valence-electron chi connectivity index (χ1n) is 8.95. The Labute approximate surface area is 175 Å². The molecule has 0 aliphatic carbocycles. The number of rotatable bonds is 6. The van der Waals surface area contributed by atoms with Gasteiger partial charge in [0.2, 0.25) is 15.9 Å². The maximum absolute atomic E-state index is 12.4. The average molecular weight is 427 g/mol. The van der Waals surface area contributed by atoms with Gasteiger partial charge in [0, 0.05) is 35.6 Å². The zero-order valence-electron chi connectivity index (χ0n) is 16.4. The number of hydrogen-bond donors (Lipinski definition) is 1. The SMILES string of the molecule is Cc1ccc(S(=O)(=O)N(C)C)cc1NC(=O)/C=C/c1ccc(-c2ccccc2)s1.